The van der Waals surface area contributed by atoms with Crippen molar-refractivity contribution in [3.63, 3.8) is 0 Å². The molecule has 4 aromatic rings. The smallest absolute Gasteiger partial charge is 0.192 e. The number of carbonyl (C=O) groups is 1. The van der Waals surface area contributed by atoms with E-state index in [9.17, 15) is 4.79 Å². The first-order valence-corrected chi connectivity index (χ1v) is 9.82. The molecule has 3 heteroatoms. The SMILES string of the molecule is Cc1ccc(C2C3=C(Nc4ccc5ncccc5c42)c2ccccc2C3=O)cc1. The zero-order valence-electron chi connectivity index (χ0n) is 15.9. The predicted octanol–water partition coefficient (Wildman–Crippen LogP) is 5.71. The number of fused-ring (bicyclic) bond motifs is 5. The number of hydrogen-bond donors (Lipinski definition) is 1. The molecule has 0 radical (unpaired) electrons. The van der Waals surface area contributed by atoms with Gasteiger partial charge in [0.2, 0.25) is 0 Å². The van der Waals surface area contributed by atoms with Gasteiger partial charge in [0.25, 0.3) is 0 Å². The summed E-state index contributed by atoms with van der Waals surface area (Å²) in [5.74, 6) is -0.0186. The van der Waals surface area contributed by atoms with Gasteiger partial charge in [-0.15, -0.1) is 0 Å². The van der Waals surface area contributed by atoms with Crippen molar-refractivity contribution in [2.45, 2.75) is 12.8 Å². The van der Waals surface area contributed by atoms with E-state index >= 15 is 0 Å². The highest BCUT2D eigenvalue weighted by molar-refractivity contribution is 6.24. The monoisotopic (exact) mass is 374 g/mol. The lowest BCUT2D eigenvalue weighted by molar-refractivity contribution is 0.103. The number of hydrogen-bond acceptors (Lipinski definition) is 3. The molecule has 0 spiro atoms. The third-order valence-electron chi connectivity index (χ3n) is 6.03. The second kappa shape index (κ2) is 5.89. The molecular weight excluding hydrogens is 356 g/mol. The van der Waals surface area contributed by atoms with E-state index in [1.807, 2.05) is 42.6 Å². The highest BCUT2D eigenvalue weighted by Crippen LogP contribution is 2.51. The number of ketones is 1. The van der Waals surface area contributed by atoms with Crippen molar-refractivity contribution in [2.75, 3.05) is 5.32 Å². The minimum atomic E-state index is -0.130. The van der Waals surface area contributed by atoms with Crippen molar-refractivity contribution in [1.29, 1.82) is 0 Å². The summed E-state index contributed by atoms with van der Waals surface area (Å²) >= 11 is 0. The van der Waals surface area contributed by atoms with Crippen LogP contribution in [0, 0.1) is 6.92 Å². The van der Waals surface area contributed by atoms with E-state index < -0.39 is 0 Å². The number of aromatic nitrogens is 1. The Labute approximate surface area is 168 Å². The number of anilines is 1. The molecule has 0 fully saturated rings. The van der Waals surface area contributed by atoms with Crippen LogP contribution in [0.1, 0.15) is 38.5 Å². The fraction of sp³-hybridized carbons (Fsp3) is 0.0769. The van der Waals surface area contributed by atoms with Gasteiger partial charge in [0.15, 0.2) is 5.78 Å². The van der Waals surface area contributed by atoms with Crippen LogP contribution in [0.5, 0.6) is 0 Å². The Balaban J connectivity index is 1.69. The molecule has 1 aliphatic heterocycles. The van der Waals surface area contributed by atoms with Crippen LogP contribution in [-0.4, -0.2) is 10.8 Å². The van der Waals surface area contributed by atoms with Crippen molar-refractivity contribution in [3.05, 3.63) is 112 Å². The maximum absolute atomic E-state index is 13.5. The van der Waals surface area contributed by atoms with Crippen LogP contribution >= 0.6 is 0 Å². The van der Waals surface area contributed by atoms with Gasteiger partial charge in [-0.1, -0.05) is 60.2 Å². The van der Waals surface area contributed by atoms with Crippen LogP contribution in [0.3, 0.4) is 0 Å². The number of nitrogens with zero attached hydrogens (tertiary/aromatic N) is 1. The second-order valence-corrected chi connectivity index (χ2v) is 7.73. The molecule has 6 rings (SSSR count). The van der Waals surface area contributed by atoms with Crippen LogP contribution in [0.15, 0.2) is 84.6 Å². The van der Waals surface area contributed by atoms with Crippen LogP contribution in [0.25, 0.3) is 16.6 Å². The molecule has 0 amide bonds. The summed E-state index contributed by atoms with van der Waals surface area (Å²) in [5.41, 5.74) is 8.97. The molecule has 29 heavy (non-hydrogen) atoms. The van der Waals surface area contributed by atoms with Crippen molar-refractivity contribution in [3.8, 4) is 0 Å². The second-order valence-electron chi connectivity index (χ2n) is 7.73. The molecule has 2 aliphatic rings. The number of aryl methyl sites for hydroxylation is 1. The van der Waals surface area contributed by atoms with E-state index in [0.29, 0.717) is 0 Å². The van der Waals surface area contributed by atoms with Gasteiger partial charge >= 0.3 is 0 Å². The largest absolute Gasteiger partial charge is 0.354 e. The maximum atomic E-state index is 13.5. The van der Waals surface area contributed by atoms with Gasteiger partial charge in [-0.3, -0.25) is 9.78 Å². The van der Waals surface area contributed by atoms with Crippen molar-refractivity contribution in [2.24, 2.45) is 0 Å². The van der Waals surface area contributed by atoms with Crippen molar-refractivity contribution < 1.29 is 4.79 Å². The molecule has 0 saturated carbocycles. The van der Waals surface area contributed by atoms with E-state index in [4.69, 9.17) is 0 Å². The van der Waals surface area contributed by atoms with E-state index in [0.717, 1.165) is 50.1 Å². The molecule has 1 aromatic heterocycles. The Morgan fingerprint density at radius 1 is 0.862 bits per heavy atom. The van der Waals surface area contributed by atoms with Crippen molar-refractivity contribution in [1.82, 2.24) is 4.98 Å². The Hall–Kier alpha value is -3.72. The highest BCUT2D eigenvalue weighted by Gasteiger charge is 2.40. The molecular formula is C26H18N2O. The summed E-state index contributed by atoms with van der Waals surface area (Å²) in [7, 11) is 0. The Morgan fingerprint density at radius 2 is 1.66 bits per heavy atom. The quantitative estimate of drug-likeness (QED) is 0.464. The van der Waals surface area contributed by atoms with E-state index in [2.05, 4.69) is 53.6 Å². The summed E-state index contributed by atoms with van der Waals surface area (Å²) in [4.78, 5) is 18.1. The highest BCUT2D eigenvalue weighted by atomic mass is 16.1. The number of benzene rings is 3. The zero-order valence-corrected chi connectivity index (χ0v) is 15.9. The number of Topliss-reactive ketones (excluding diaryl/α,β-unsaturated/α-hetero) is 1. The third-order valence-corrected chi connectivity index (χ3v) is 6.03. The van der Waals surface area contributed by atoms with Crippen molar-refractivity contribution >= 4 is 28.1 Å². The van der Waals surface area contributed by atoms with Crippen LogP contribution < -0.4 is 5.32 Å². The number of allylic oxidation sites excluding steroid dienone is 1. The predicted molar refractivity (Wildman–Crippen MR) is 116 cm³/mol. The van der Waals surface area contributed by atoms with Gasteiger partial charge in [0, 0.05) is 39.9 Å². The first-order chi connectivity index (χ1) is 14.2. The summed E-state index contributed by atoms with van der Waals surface area (Å²) < 4.78 is 0. The lowest BCUT2D eigenvalue weighted by Gasteiger charge is -2.30. The first-order valence-electron chi connectivity index (χ1n) is 9.82. The molecule has 3 aromatic carbocycles. The minimum Gasteiger partial charge on any atom is -0.354 e. The average Bonchev–Trinajstić information content (AvgIpc) is 3.05. The Kier molecular flexibility index (Phi) is 3.30. The molecule has 0 saturated heterocycles. The third kappa shape index (κ3) is 2.24. The summed E-state index contributed by atoms with van der Waals surface area (Å²) in [5, 5.41) is 4.66. The number of carbonyl (C=O) groups excluding carboxylic acids is 1. The van der Waals surface area contributed by atoms with E-state index in [-0.39, 0.29) is 11.7 Å². The Bertz CT molecular complexity index is 1350. The number of pyridine rings is 1. The summed E-state index contributed by atoms with van der Waals surface area (Å²) in [6.45, 7) is 2.08. The van der Waals surface area contributed by atoms with Crippen LogP contribution in [0.4, 0.5) is 5.69 Å². The maximum Gasteiger partial charge on any atom is 0.192 e. The average molecular weight is 374 g/mol. The van der Waals surface area contributed by atoms with Gasteiger partial charge in [-0.25, -0.2) is 0 Å². The molecule has 1 N–H and O–H groups in total. The topological polar surface area (TPSA) is 42.0 Å². The van der Waals surface area contributed by atoms with E-state index in [1.54, 1.807) is 0 Å². The fourth-order valence-corrected chi connectivity index (χ4v) is 4.68. The van der Waals surface area contributed by atoms with Gasteiger partial charge in [0.05, 0.1) is 11.2 Å². The zero-order chi connectivity index (χ0) is 19.5. The summed E-state index contributed by atoms with van der Waals surface area (Å²) in [6.07, 6.45) is 1.81. The minimum absolute atomic E-state index is 0.111. The molecule has 0 bridgehead atoms. The molecule has 3 nitrogen and oxygen atoms in total. The van der Waals surface area contributed by atoms with Gasteiger partial charge < -0.3 is 5.32 Å². The molecule has 2 heterocycles. The fourth-order valence-electron chi connectivity index (χ4n) is 4.68. The first kappa shape index (κ1) is 16.3. The molecule has 1 aliphatic carbocycles. The van der Waals surface area contributed by atoms with E-state index in [1.165, 1.54) is 5.56 Å². The van der Waals surface area contributed by atoms with Gasteiger partial charge in [-0.2, -0.15) is 0 Å². The summed E-state index contributed by atoms with van der Waals surface area (Å²) in [6, 6.07) is 24.6. The van der Waals surface area contributed by atoms with Crippen LogP contribution in [0.2, 0.25) is 0 Å². The molecule has 1 unspecified atom stereocenters. The molecule has 1 atom stereocenters. The van der Waals surface area contributed by atoms with Gasteiger partial charge in [0.1, 0.15) is 0 Å². The molecule has 138 valence electrons. The normalized spacial score (nSPS) is 17.0. The lowest BCUT2D eigenvalue weighted by Crippen LogP contribution is -2.19. The number of rotatable bonds is 1. The van der Waals surface area contributed by atoms with Crippen LogP contribution in [-0.2, 0) is 0 Å². The lowest BCUT2D eigenvalue weighted by atomic mass is 9.78. The van der Waals surface area contributed by atoms with Gasteiger partial charge in [-0.05, 0) is 36.2 Å². The standard InChI is InChI=1S/C26H18N2O/c1-15-8-10-16(11-9-15)22-23-19-7-4-14-27-20(19)12-13-21(23)28-25-17-5-2-3-6-18(17)26(29)24(22)25/h2-14,22,28H,1H3. The number of nitrogens with one attached hydrogen (secondary N) is 1. The Morgan fingerprint density at radius 3 is 2.48 bits per heavy atom.